The number of aliphatic imine (C=N–C) groups is 1. The fraction of sp³-hybridized carbons (Fsp3) is 0.320. The summed E-state index contributed by atoms with van der Waals surface area (Å²) in [5.74, 6) is 3.19. The molecule has 2 N–H and O–H groups in total. The molecule has 0 aliphatic carbocycles. The van der Waals surface area contributed by atoms with Gasteiger partial charge in [-0.2, -0.15) is 0 Å². The van der Waals surface area contributed by atoms with Crippen LogP contribution in [0.25, 0.3) is 0 Å². The van der Waals surface area contributed by atoms with Crippen LogP contribution in [-0.2, 0) is 19.6 Å². The third kappa shape index (κ3) is 5.82. The van der Waals surface area contributed by atoms with E-state index in [1.165, 1.54) is 11.1 Å². The Kier molecular flexibility index (Phi) is 7.30. The highest BCUT2D eigenvalue weighted by atomic mass is 16.5. The van der Waals surface area contributed by atoms with Gasteiger partial charge >= 0.3 is 0 Å². The van der Waals surface area contributed by atoms with Crippen LogP contribution in [0.15, 0.2) is 70.3 Å². The zero-order valence-electron chi connectivity index (χ0n) is 18.6. The average molecular weight is 435 g/mol. The zero-order chi connectivity index (χ0) is 22.2. The SMILES string of the molecule is CN=C(NCc1ccccc1CN(C)Cc1ccco1)Nc1ccc2c(c1)OCCCO2. The molecule has 0 amide bonds. The highest BCUT2D eigenvalue weighted by Crippen LogP contribution is 2.32. The number of nitrogens with zero attached hydrogens (tertiary/aromatic N) is 2. The molecule has 0 fully saturated rings. The molecular formula is C25H30N4O3. The van der Waals surface area contributed by atoms with Gasteiger partial charge in [0.25, 0.3) is 0 Å². The summed E-state index contributed by atoms with van der Waals surface area (Å²) in [6.45, 7) is 3.59. The van der Waals surface area contributed by atoms with Crippen molar-refractivity contribution in [2.75, 3.05) is 32.6 Å². The lowest BCUT2D eigenvalue weighted by Crippen LogP contribution is -2.30. The van der Waals surface area contributed by atoms with E-state index in [0.717, 1.165) is 42.5 Å². The predicted octanol–water partition coefficient (Wildman–Crippen LogP) is 4.26. The van der Waals surface area contributed by atoms with Crippen LogP contribution in [0.1, 0.15) is 23.3 Å². The summed E-state index contributed by atoms with van der Waals surface area (Å²) >= 11 is 0. The van der Waals surface area contributed by atoms with Crippen molar-refractivity contribution in [1.29, 1.82) is 0 Å². The molecule has 7 nitrogen and oxygen atoms in total. The molecule has 0 atom stereocenters. The summed E-state index contributed by atoms with van der Waals surface area (Å²) in [7, 11) is 3.86. The van der Waals surface area contributed by atoms with Crippen molar-refractivity contribution in [3.8, 4) is 11.5 Å². The van der Waals surface area contributed by atoms with Gasteiger partial charge in [-0.25, -0.2) is 0 Å². The summed E-state index contributed by atoms with van der Waals surface area (Å²) in [6.07, 6.45) is 2.60. The van der Waals surface area contributed by atoms with E-state index in [1.807, 2.05) is 30.3 Å². The minimum absolute atomic E-state index is 0.661. The number of anilines is 1. The lowest BCUT2D eigenvalue weighted by Gasteiger charge is -2.19. The lowest BCUT2D eigenvalue weighted by atomic mass is 10.1. The first kappa shape index (κ1) is 21.8. The van der Waals surface area contributed by atoms with Crippen LogP contribution in [0.2, 0.25) is 0 Å². The summed E-state index contributed by atoms with van der Waals surface area (Å²) < 4.78 is 17.0. The van der Waals surface area contributed by atoms with Crippen LogP contribution in [0.4, 0.5) is 5.69 Å². The molecule has 3 aromatic rings. The number of hydrogen-bond acceptors (Lipinski definition) is 5. The monoisotopic (exact) mass is 434 g/mol. The quantitative estimate of drug-likeness (QED) is 0.428. The Morgan fingerprint density at radius 3 is 2.56 bits per heavy atom. The Hall–Kier alpha value is -3.45. The fourth-order valence-corrected chi connectivity index (χ4v) is 3.64. The number of benzene rings is 2. The first-order valence-corrected chi connectivity index (χ1v) is 10.9. The normalized spacial score (nSPS) is 13.7. The topological polar surface area (TPSA) is 71.3 Å². The van der Waals surface area contributed by atoms with Gasteiger partial charge in [0.2, 0.25) is 0 Å². The molecule has 0 saturated heterocycles. The summed E-state index contributed by atoms with van der Waals surface area (Å²) in [6, 6.07) is 18.2. The molecule has 0 unspecified atom stereocenters. The number of nitrogens with one attached hydrogen (secondary N) is 2. The van der Waals surface area contributed by atoms with Gasteiger partial charge in [0.15, 0.2) is 17.5 Å². The van der Waals surface area contributed by atoms with Crippen LogP contribution in [0.5, 0.6) is 11.5 Å². The maximum atomic E-state index is 5.79. The number of guanidine groups is 1. The number of rotatable bonds is 7. The molecule has 2 aromatic carbocycles. The molecule has 7 heteroatoms. The van der Waals surface area contributed by atoms with Gasteiger partial charge in [0, 0.05) is 38.3 Å². The first-order chi connectivity index (χ1) is 15.7. The van der Waals surface area contributed by atoms with Crippen LogP contribution >= 0.6 is 0 Å². The smallest absolute Gasteiger partial charge is 0.195 e. The van der Waals surface area contributed by atoms with Gasteiger partial charge in [-0.1, -0.05) is 24.3 Å². The Balaban J connectivity index is 1.37. The molecule has 1 aliphatic rings. The average Bonchev–Trinajstić information content (AvgIpc) is 3.20. The molecule has 168 valence electrons. The van der Waals surface area contributed by atoms with Crippen molar-refractivity contribution in [2.24, 2.45) is 4.99 Å². The Morgan fingerprint density at radius 1 is 0.969 bits per heavy atom. The molecule has 1 aromatic heterocycles. The van der Waals surface area contributed by atoms with E-state index >= 15 is 0 Å². The van der Waals surface area contributed by atoms with Crippen molar-refractivity contribution in [1.82, 2.24) is 10.2 Å². The third-order valence-electron chi connectivity index (χ3n) is 5.24. The van der Waals surface area contributed by atoms with Crippen LogP contribution in [-0.4, -0.2) is 38.2 Å². The van der Waals surface area contributed by atoms with E-state index < -0.39 is 0 Å². The maximum Gasteiger partial charge on any atom is 0.195 e. The number of fused-ring (bicyclic) bond motifs is 1. The van der Waals surface area contributed by atoms with Crippen molar-refractivity contribution in [2.45, 2.75) is 26.1 Å². The Bertz CT molecular complexity index is 1030. The molecule has 0 radical (unpaired) electrons. The van der Waals surface area contributed by atoms with E-state index in [2.05, 4.69) is 51.8 Å². The molecule has 0 saturated carbocycles. The fourth-order valence-electron chi connectivity index (χ4n) is 3.64. The van der Waals surface area contributed by atoms with E-state index in [9.17, 15) is 0 Å². The van der Waals surface area contributed by atoms with Gasteiger partial charge in [-0.3, -0.25) is 9.89 Å². The Morgan fingerprint density at radius 2 is 1.78 bits per heavy atom. The van der Waals surface area contributed by atoms with Crippen LogP contribution < -0.4 is 20.1 Å². The largest absolute Gasteiger partial charge is 0.490 e. The zero-order valence-corrected chi connectivity index (χ0v) is 18.6. The van der Waals surface area contributed by atoms with Crippen LogP contribution in [0.3, 0.4) is 0 Å². The summed E-state index contributed by atoms with van der Waals surface area (Å²) in [5.41, 5.74) is 3.38. The molecule has 2 heterocycles. The molecular weight excluding hydrogens is 404 g/mol. The number of hydrogen-bond donors (Lipinski definition) is 2. The van der Waals surface area contributed by atoms with E-state index in [0.29, 0.717) is 25.7 Å². The highest BCUT2D eigenvalue weighted by molar-refractivity contribution is 5.93. The van der Waals surface area contributed by atoms with Crippen molar-refractivity contribution in [3.05, 3.63) is 77.7 Å². The number of furan rings is 1. The van der Waals surface area contributed by atoms with Gasteiger partial charge in [-0.05, 0) is 42.4 Å². The Labute approximate surface area is 189 Å². The van der Waals surface area contributed by atoms with Crippen LogP contribution in [0, 0.1) is 0 Å². The molecule has 32 heavy (non-hydrogen) atoms. The first-order valence-electron chi connectivity index (χ1n) is 10.9. The second kappa shape index (κ2) is 10.7. The molecule has 0 bridgehead atoms. The van der Waals surface area contributed by atoms with E-state index in [-0.39, 0.29) is 0 Å². The lowest BCUT2D eigenvalue weighted by molar-refractivity contribution is 0.287. The van der Waals surface area contributed by atoms with Gasteiger partial charge in [0.1, 0.15) is 5.76 Å². The minimum atomic E-state index is 0.661. The van der Waals surface area contributed by atoms with E-state index in [1.54, 1.807) is 13.3 Å². The molecule has 4 rings (SSSR count). The molecule has 1 aliphatic heterocycles. The summed E-state index contributed by atoms with van der Waals surface area (Å²) in [4.78, 5) is 6.61. The summed E-state index contributed by atoms with van der Waals surface area (Å²) in [5, 5.41) is 6.76. The second-order valence-corrected chi connectivity index (χ2v) is 7.78. The van der Waals surface area contributed by atoms with Crippen molar-refractivity contribution >= 4 is 11.6 Å². The van der Waals surface area contributed by atoms with Gasteiger partial charge in [0.05, 0.1) is 26.0 Å². The predicted molar refractivity (Wildman–Crippen MR) is 126 cm³/mol. The second-order valence-electron chi connectivity index (χ2n) is 7.78. The molecule has 0 spiro atoms. The maximum absolute atomic E-state index is 5.79. The van der Waals surface area contributed by atoms with Crippen molar-refractivity contribution in [3.63, 3.8) is 0 Å². The van der Waals surface area contributed by atoms with Gasteiger partial charge in [-0.15, -0.1) is 0 Å². The standard InChI is InChI=1S/C25H30N4O3/c1-26-25(28-21-10-11-23-24(15-21)32-14-6-13-31-23)27-16-19-7-3-4-8-20(19)17-29(2)18-22-9-5-12-30-22/h3-5,7-12,15H,6,13-14,16-18H2,1-2H3,(H2,26,27,28). The van der Waals surface area contributed by atoms with Gasteiger partial charge < -0.3 is 24.5 Å². The van der Waals surface area contributed by atoms with E-state index in [4.69, 9.17) is 13.9 Å². The number of ether oxygens (including phenoxy) is 2. The minimum Gasteiger partial charge on any atom is -0.490 e. The van der Waals surface area contributed by atoms with Crippen molar-refractivity contribution < 1.29 is 13.9 Å². The third-order valence-corrected chi connectivity index (χ3v) is 5.24. The highest BCUT2D eigenvalue weighted by Gasteiger charge is 2.12.